The van der Waals surface area contributed by atoms with Crippen LogP contribution in [0.2, 0.25) is 5.15 Å². The summed E-state index contributed by atoms with van der Waals surface area (Å²) in [6.07, 6.45) is 7.74. The Kier molecular flexibility index (Phi) is 7.36. The van der Waals surface area contributed by atoms with Crippen molar-refractivity contribution in [3.8, 4) is 12.3 Å². The zero-order chi connectivity index (χ0) is 17.4. The molecule has 6 nitrogen and oxygen atoms in total. The molecule has 23 heavy (non-hydrogen) atoms. The number of nitrogens with one attached hydrogen (secondary N) is 1. The van der Waals surface area contributed by atoms with Gasteiger partial charge >= 0.3 is 5.97 Å². The molecule has 0 spiro atoms. The van der Waals surface area contributed by atoms with E-state index >= 15 is 0 Å². The molecular formula is C16H20ClN3O3. The lowest BCUT2D eigenvalue weighted by Gasteiger charge is -2.05. The van der Waals surface area contributed by atoms with Crippen molar-refractivity contribution in [2.45, 2.75) is 27.3 Å². The third-order valence-electron chi connectivity index (χ3n) is 2.77. The Bertz CT molecular complexity index is 642. The van der Waals surface area contributed by atoms with Gasteiger partial charge in [-0.1, -0.05) is 31.4 Å². The number of carbonyl (C=O) groups is 2. The van der Waals surface area contributed by atoms with Crippen molar-refractivity contribution in [3.63, 3.8) is 0 Å². The van der Waals surface area contributed by atoms with Gasteiger partial charge in [0, 0.05) is 18.2 Å². The number of nitrogens with zero attached hydrogens (tertiary/aromatic N) is 2. The molecule has 124 valence electrons. The summed E-state index contributed by atoms with van der Waals surface area (Å²) in [5.74, 6) is 1.55. The van der Waals surface area contributed by atoms with Gasteiger partial charge in [-0.05, 0) is 18.9 Å². The Hall–Kier alpha value is -2.26. The Labute approximate surface area is 140 Å². The monoisotopic (exact) mass is 337 g/mol. The summed E-state index contributed by atoms with van der Waals surface area (Å²) in [5.41, 5.74) is 1.37. The molecule has 0 radical (unpaired) electrons. The van der Waals surface area contributed by atoms with Crippen molar-refractivity contribution >= 4 is 29.6 Å². The second kappa shape index (κ2) is 9.01. The van der Waals surface area contributed by atoms with Crippen LogP contribution in [0.4, 0.5) is 0 Å². The molecular weight excluding hydrogens is 318 g/mol. The molecule has 1 aromatic rings. The number of carbonyl (C=O) groups excluding carboxylic acids is 2. The molecule has 0 fully saturated rings. The molecule has 1 heterocycles. The number of aromatic nitrogens is 2. The van der Waals surface area contributed by atoms with Crippen molar-refractivity contribution < 1.29 is 14.3 Å². The molecule has 0 unspecified atom stereocenters. The number of aryl methyl sites for hydroxylation is 1. The number of terminal acetylenes is 1. The van der Waals surface area contributed by atoms with Gasteiger partial charge in [-0.2, -0.15) is 5.10 Å². The molecule has 0 aliphatic heterocycles. The highest BCUT2D eigenvalue weighted by atomic mass is 35.5. The van der Waals surface area contributed by atoms with E-state index in [4.69, 9.17) is 22.8 Å². The fourth-order valence-corrected chi connectivity index (χ4v) is 2.07. The third kappa shape index (κ3) is 6.17. The zero-order valence-electron chi connectivity index (χ0n) is 13.4. The van der Waals surface area contributed by atoms with Gasteiger partial charge in [0.15, 0.2) is 6.61 Å². The van der Waals surface area contributed by atoms with E-state index in [9.17, 15) is 9.59 Å². The van der Waals surface area contributed by atoms with E-state index in [0.717, 1.165) is 0 Å². The topological polar surface area (TPSA) is 73.2 Å². The molecule has 0 aliphatic rings. The van der Waals surface area contributed by atoms with Crippen LogP contribution >= 0.6 is 11.6 Å². The van der Waals surface area contributed by atoms with Crippen LogP contribution in [0.5, 0.6) is 0 Å². The van der Waals surface area contributed by atoms with E-state index in [1.165, 1.54) is 12.2 Å². The van der Waals surface area contributed by atoms with E-state index in [-0.39, 0.29) is 13.2 Å². The second-order valence-corrected chi connectivity index (χ2v) is 5.65. The summed E-state index contributed by atoms with van der Waals surface area (Å²) >= 11 is 6.26. The Morgan fingerprint density at radius 3 is 2.83 bits per heavy atom. The lowest BCUT2D eigenvalue weighted by molar-refractivity contribution is -0.143. The van der Waals surface area contributed by atoms with Crippen molar-refractivity contribution in [2.75, 3.05) is 13.2 Å². The average molecular weight is 338 g/mol. The Balaban J connectivity index is 2.63. The molecule has 0 aromatic carbocycles. The first-order chi connectivity index (χ1) is 10.8. The van der Waals surface area contributed by atoms with Crippen LogP contribution in [0.15, 0.2) is 6.08 Å². The van der Waals surface area contributed by atoms with Gasteiger partial charge in [0.1, 0.15) is 5.15 Å². The lowest BCUT2D eigenvalue weighted by atomic mass is 10.2. The van der Waals surface area contributed by atoms with Crippen molar-refractivity contribution in [2.24, 2.45) is 5.92 Å². The van der Waals surface area contributed by atoms with Crippen LogP contribution in [0.25, 0.3) is 6.08 Å². The zero-order valence-corrected chi connectivity index (χ0v) is 14.2. The van der Waals surface area contributed by atoms with Crippen molar-refractivity contribution in [1.29, 1.82) is 0 Å². The van der Waals surface area contributed by atoms with E-state index in [2.05, 4.69) is 30.2 Å². The first-order valence-electron chi connectivity index (χ1n) is 7.13. The average Bonchev–Trinajstić information content (AvgIpc) is 2.74. The first-order valence-corrected chi connectivity index (χ1v) is 7.50. The maximum Gasteiger partial charge on any atom is 0.331 e. The standard InChI is InChI=1S/C16H20ClN3O3/c1-5-8-18-14(21)10-23-15(22)7-6-13-12(4)19-20(16(13)17)9-11(2)3/h1,6-7,11H,8-10H2,2-4H3,(H,18,21)/b7-6+. The quantitative estimate of drug-likeness (QED) is 0.468. The number of halogens is 1. The molecule has 0 saturated carbocycles. The van der Waals surface area contributed by atoms with Crippen LogP contribution in [-0.4, -0.2) is 34.8 Å². The molecule has 1 amide bonds. The minimum absolute atomic E-state index is 0.0933. The summed E-state index contributed by atoms with van der Waals surface area (Å²) in [5, 5.41) is 7.19. The SMILES string of the molecule is C#CCNC(=O)COC(=O)/C=C/c1c(C)nn(CC(C)C)c1Cl. The van der Waals surface area contributed by atoms with E-state index < -0.39 is 11.9 Å². The number of hydrogen-bond donors (Lipinski definition) is 1. The number of amides is 1. The second-order valence-electron chi connectivity index (χ2n) is 5.29. The van der Waals surface area contributed by atoms with Crippen LogP contribution in [0.1, 0.15) is 25.1 Å². The van der Waals surface area contributed by atoms with E-state index in [1.807, 2.05) is 0 Å². The third-order valence-corrected chi connectivity index (χ3v) is 3.17. The van der Waals surface area contributed by atoms with Crippen molar-refractivity contribution in [1.82, 2.24) is 15.1 Å². The summed E-state index contributed by atoms with van der Waals surface area (Å²) < 4.78 is 6.49. The molecule has 0 aliphatic carbocycles. The first kappa shape index (κ1) is 18.8. The van der Waals surface area contributed by atoms with Gasteiger partial charge in [-0.3, -0.25) is 9.48 Å². The highest BCUT2D eigenvalue weighted by molar-refractivity contribution is 6.31. The summed E-state index contributed by atoms with van der Waals surface area (Å²) in [6.45, 7) is 6.32. The molecule has 7 heteroatoms. The normalized spacial score (nSPS) is 10.8. The van der Waals surface area contributed by atoms with Crippen LogP contribution < -0.4 is 5.32 Å². The Morgan fingerprint density at radius 2 is 2.22 bits per heavy atom. The van der Waals surface area contributed by atoms with E-state index in [1.54, 1.807) is 11.6 Å². The molecule has 1 rings (SSSR count). The van der Waals surface area contributed by atoms with E-state index in [0.29, 0.717) is 28.9 Å². The molecule has 0 saturated heterocycles. The summed E-state index contributed by atoms with van der Waals surface area (Å²) in [6, 6.07) is 0. The minimum Gasteiger partial charge on any atom is -0.452 e. The van der Waals surface area contributed by atoms with Crippen LogP contribution in [-0.2, 0) is 20.9 Å². The molecule has 1 N–H and O–H groups in total. The van der Waals surface area contributed by atoms with Gasteiger partial charge < -0.3 is 10.1 Å². The highest BCUT2D eigenvalue weighted by Crippen LogP contribution is 2.22. The predicted octanol–water partition coefficient (Wildman–Crippen LogP) is 1.81. The maximum absolute atomic E-state index is 11.6. The number of ether oxygens (including phenoxy) is 1. The fraction of sp³-hybridized carbons (Fsp3) is 0.438. The molecule has 1 aromatic heterocycles. The number of hydrogen-bond acceptors (Lipinski definition) is 4. The van der Waals surface area contributed by atoms with Gasteiger partial charge in [0.05, 0.1) is 12.2 Å². The Morgan fingerprint density at radius 1 is 1.52 bits per heavy atom. The largest absolute Gasteiger partial charge is 0.452 e. The number of rotatable bonds is 7. The smallest absolute Gasteiger partial charge is 0.331 e. The summed E-state index contributed by atoms with van der Waals surface area (Å²) in [7, 11) is 0. The minimum atomic E-state index is -0.645. The maximum atomic E-state index is 11.6. The van der Waals surface area contributed by atoms with Crippen molar-refractivity contribution in [3.05, 3.63) is 22.5 Å². The van der Waals surface area contributed by atoms with Gasteiger partial charge in [0.25, 0.3) is 5.91 Å². The summed E-state index contributed by atoms with van der Waals surface area (Å²) in [4.78, 5) is 22.9. The van der Waals surface area contributed by atoms with Gasteiger partial charge in [-0.25, -0.2) is 4.79 Å². The lowest BCUT2D eigenvalue weighted by Crippen LogP contribution is -2.28. The molecule has 0 bridgehead atoms. The molecule has 0 atom stereocenters. The predicted molar refractivity (Wildman–Crippen MR) is 88.6 cm³/mol. The number of esters is 1. The van der Waals surface area contributed by atoms with Gasteiger partial charge in [0.2, 0.25) is 0 Å². The van der Waals surface area contributed by atoms with Gasteiger partial charge in [-0.15, -0.1) is 6.42 Å². The highest BCUT2D eigenvalue weighted by Gasteiger charge is 2.12. The fourth-order valence-electron chi connectivity index (χ4n) is 1.76. The van der Waals surface area contributed by atoms with Crippen LogP contribution in [0.3, 0.4) is 0 Å². The van der Waals surface area contributed by atoms with Crippen LogP contribution in [0, 0.1) is 25.2 Å².